The highest BCUT2D eigenvalue weighted by molar-refractivity contribution is 4.88. The van der Waals surface area contributed by atoms with Crippen molar-refractivity contribution in [3.05, 3.63) is 11.7 Å². The van der Waals surface area contributed by atoms with Gasteiger partial charge in [0.2, 0.25) is 5.89 Å². The van der Waals surface area contributed by atoms with Gasteiger partial charge in [0.15, 0.2) is 5.82 Å². The van der Waals surface area contributed by atoms with Crippen molar-refractivity contribution >= 4 is 0 Å². The van der Waals surface area contributed by atoms with Gasteiger partial charge >= 0.3 is 0 Å². The maximum atomic E-state index is 5.01. The molecule has 0 saturated carbocycles. The molecule has 1 unspecified atom stereocenters. The van der Waals surface area contributed by atoms with E-state index in [1.54, 1.807) is 7.11 Å². The van der Waals surface area contributed by atoms with Crippen molar-refractivity contribution in [2.75, 3.05) is 7.11 Å². The van der Waals surface area contributed by atoms with Gasteiger partial charge in [0.1, 0.15) is 6.10 Å². The molecule has 1 heterocycles. The number of aromatic nitrogens is 2. The Labute approximate surface area is 65.6 Å². The quantitative estimate of drug-likeness (QED) is 0.662. The van der Waals surface area contributed by atoms with Crippen LogP contribution in [0.15, 0.2) is 4.52 Å². The fourth-order valence-corrected chi connectivity index (χ4v) is 0.682. The Hall–Kier alpha value is -0.900. The van der Waals surface area contributed by atoms with Crippen molar-refractivity contribution < 1.29 is 9.26 Å². The fourth-order valence-electron chi connectivity index (χ4n) is 0.682. The number of rotatable bonds is 3. The highest BCUT2D eigenvalue weighted by atomic mass is 16.5. The summed E-state index contributed by atoms with van der Waals surface area (Å²) in [6.45, 7) is 3.85. The Balaban J connectivity index is 2.71. The van der Waals surface area contributed by atoms with E-state index in [0.29, 0.717) is 11.7 Å². The minimum Gasteiger partial charge on any atom is -0.374 e. The standard InChI is InChI=1S/C7H12N2O2/c1-4-6-8-7(9-11-6)5(2)10-3/h5H,4H2,1-3H3. The summed E-state index contributed by atoms with van der Waals surface area (Å²) in [4.78, 5) is 4.10. The Bertz CT molecular complexity index is 222. The average molecular weight is 156 g/mol. The average Bonchev–Trinajstić information content (AvgIpc) is 2.50. The summed E-state index contributed by atoms with van der Waals surface area (Å²) in [6.07, 6.45) is 0.683. The number of hydrogen-bond donors (Lipinski definition) is 0. The summed E-state index contributed by atoms with van der Waals surface area (Å²) in [7, 11) is 1.62. The van der Waals surface area contributed by atoms with Crippen LogP contribution in [0.1, 0.15) is 31.7 Å². The van der Waals surface area contributed by atoms with Gasteiger partial charge in [-0.25, -0.2) is 0 Å². The predicted molar refractivity (Wildman–Crippen MR) is 39.1 cm³/mol. The molecule has 0 aliphatic rings. The minimum absolute atomic E-state index is 0.0842. The largest absolute Gasteiger partial charge is 0.374 e. The van der Waals surface area contributed by atoms with Crippen molar-refractivity contribution in [3.8, 4) is 0 Å². The fraction of sp³-hybridized carbons (Fsp3) is 0.714. The van der Waals surface area contributed by atoms with Crippen molar-refractivity contribution in [1.29, 1.82) is 0 Å². The lowest BCUT2D eigenvalue weighted by Gasteiger charge is -2.00. The van der Waals surface area contributed by atoms with Crippen LogP contribution in [0.3, 0.4) is 0 Å². The lowest BCUT2D eigenvalue weighted by atomic mass is 10.4. The van der Waals surface area contributed by atoms with Gasteiger partial charge in [-0.15, -0.1) is 0 Å². The van der Waals surface area contributed by atoms with Crippen LogP contribution < -0.4 is 0 Å². The Morgan fingerprint density at radius 3 is 2.82 bits per heavy atom. The zero-order chi connectivity index (χ0) is 8.27. The molecule has 0 amide bonds. The minimum atomic E-state index is -0.0842. The van der Waals surface area contributed by atoms with Gasteiger partial charge in [0, 0.05) is 13.5 Å². The van der Waals surface area contributed by atoms with Gasteiger partial charge in [0.25, 0.3) is 0 Å². The zero-order valence-corrected chi connectivity index (χ0v) is 7.00. The summed E-state index contributed by atoms with van der Waals surface area (Å²) in [6, 6.07) is 0. The molecular weight excluding hydrogens is 144 g/mol. The molecule has 0 bridgehead atoms. The summed E-state index contributed by atoms with van der Waals surface area (Å²) in [5.41, 5.74) is 0. The first-order valence-electron chi connectivity index (χ1n) is 3.63. The molecule has 0 spiro atoms. The van der Waals surface area contributed by atoms with E-state index in [-0.39, 0.29) is 6.10 Å². The molecule has 0 saturated heterocycles. The molecule has 62 valence electrons. The molecule has 4 heteroatoms. The van der Waals surface area contributed by atoms with Crippen LogP contribution in [0, 0.1) is 0 Å². The first-order chi connectivity index (χ1) is 5.27. The van der Waals surface area contributed by atoms with Crippen LogP contribution in [0.2, 0.25) is 0 Å². The third-order valence-electron chi connectivity index (χ3n) is 1.50. The SMILES string of the molecule is CCc1nc(C(C)OC)no1. The van der Waals surface area contributed by atoms with Crippen LogP contribution in [0.25, 0.3) is 0 Å². The summed E-state index contributed by atoms with van der Waals surface area (Å²) in [5.74, 6) is 1.27. The highest BCUT2D eigenvalue weighted by Gasteiger charge is 2.10. The van der Waals surface area contributed by atoms with Gasteiger partial charge in [-0.3, -0.25) is 0 Å². The molecule has 4 nitrogen and oxygen atoms in total. The Morgan fingerprint density at radius 2 is 2.36 bits per heavy atom. The van der Waals surface area contributed by atoms with Crippen molar-refractivity contribution in [2.24, 2.45) is 0 Å². The summed E-state index contributed by atoms with van der Waals surface area (Å²) in [5, 5.41) is 3.75. The molecule has 1 rings (SSSR count). The van der Waals surface area contributed by atoms with Gasteiger partial charge in [0.05, 0.1) is 0 Å². The molecule has 0 aliphatic carbocycles. The van der Waals surface area contributed by atoms with Crippen LogP contribution in [0.4, 0.5) is 0 Å². The van der Waals surface area contributed by atoms with Crippen molar-refractivity contribution in [3.63, 3.8) is 0 Å². The van der Waals surface area contributed by atoms with Crippen molar-refractivity contribution in [1.82, 2.24) is 10.1 Å². The van der Waals surface area contributed by atoms with E-state index >= 15 is 0 Å². The predicted octanol–water partition coefficient (Wildman–Crippen LogP) is 1.34. The van der Waals surface area contributed by atoms with Crippen molar-refractivity contribution in [2.45, 2.75) is 26.4 Å². The lowest BCUT2D eigenvalue weighted by molar-refractivity contribution is 0.109. The van der Waals surface area contributed by atoms with Crippen LogP contribution in [-0.2, 0) is 11.2 Å². The Morgan fingerprint density at radius 1 is 1.64 bits per heavy atom. The maximum absolute atomic E-state index is 5.01. The molecule has 0 radical (unpaired) electrons. The molecule has 0 aliphatic heterocycles. The first kappa shape index (κ1) is 8.20. The molecule has 0 aromatic carbocycles. The van der Waals surface area contributed by atoms with E-state index in [0.717, 1.165) is 6.42 Å². The van der Waals surface area contributed by atoms with E-state index in [4.69, 9.17) is 9.26 Å². The van der Waals surface area contributed by atoms with E-state index in [1.165, 1.54) is 0 Å². The number of aryl methyl sites for hydroxylation is 1. The van der Waals surface area contributed by atoms with Gasteiger partial charge in [-0.1, -0.05) is 12.1 Å². The summed E-state index contributed by atoms with van der Waals surface area (Å²) < 4.78 is 9.90. The van der Waals surface area contributed by atoms with E-state index < -0.39 is 0 Å². The monoisotopic (exact) mass is 156 g/mol. The number of nitrogens with zero attached hydrogens (tertiary/aromatic N) is 2. The second kappa shape index (κ2) is 3.48. The van der Waals surface area contributed by atoms with Crippen LogP contribution in [-0.4, -0.2) is 17.3 Å². The second-order valence-electron chi connectivity index (χ2n) is 2.28. The third kappa shape index (κ3) is 1.77. The smallest absolute Gasteiger partial charge is 0.226 e. The molecule has 0 N–H and O–H groups in total. The molecule has 11 heavy (non-hydrogen) atoms. The normalized spacial score (nSPS) is 13.4. The molecule has 1 aromatic rings. The van der Waals surface area contributed by atoms with Crippen LogP contribution in [0.5, 0.6) is 0 Å². The first-order valence-corrected chi connectivity index (χ1v) is 3.63. The Kier molecular flexibility index (Phi) is 2.59. The summed E-state index contributed by atoms with van der Waals surface area (Å²) >= 11 is 0. The maximum Gasteiger partial charge on any atom is 0.226 e. The zero-order valence-electron chi connectivity index (χ0n) is 7.00. The van der Waals surface area contributed by atoms with Crippen LogP contribution >= 0.6 is 0 Å². The van der Waals surface area contributed by atoms with Gasteiger partial charge < -0.3 is 9.26 Å². The molecular formula is C7H12N2O2. The molecule has 1 atom stereocenters. The topological polar surface area (TPSA) is 48.2 Å². The van der Waals surface area contributed by atoms with E-state index in [1.807, 2.05) is 13.8 Å². The van der Waals surface area contributed by atoms with Gasteiger partial charge in [-0.05, 0) is 6.92 Å². The molecule has 0 fully saturated rings. The highest BCUT2D eigenvalue weighted by Crippen LogP contribution is 2.11. The van der Waals surface area contributed by atoms with E-state index in [2.05, 4.69) is 10.1 Å². The number of hydrogen-bond acceptors (Lipinski definition) is 4. The third-order valence-corrected chi connectivity index (χ3v) is 1.50. The van der Waals surface area contributed by atoms with Gasteiger partial charge in [-0.2, -0.15) is 4.98 Å². The molecule has 1 aromatic heterocycles. The second-order valence-corrected chi connectivity index (χ2v) is 2.28. The van der Waals surface area contributed by atoms with E-state index in [9.17, 15) is 0 Å². The number of ether oxygens (including phenoxy) is 1. The number of methoxy groups -OCH3 is 1. The lowest BCUT2D eigenvalue weighted by Crippen LogP contribution is -1.97.